The molecule has 5 heteroatoms. The molecule has 2 aromatic rings. The fraction of sp³-hybridized carbons (Fsp3) is 0.182. The van der Waals surface area contributed by atoms with E-state index >= 15 is 0 Å². The molecule has 0 bridgehead atoms. The molecule has 0 amide bonds. The molecule has 0 aliphatic heterocycles. The van der Waals surface area contributed by atoms with E-state index < -0.39 is 0 Å². The maximum atomic E-state index is 8.53. The van der Waals surface area contributed by atoms with Crippen molar-refractivity contribution in [3.8, 4) is 0 Å². The molecule has 0 saturated carbocycles. The quantitative estimate of drug-likeness (QED) is 0.363. The lowest BCUT2D eigenvalue weighted by Gasteiger charge is -1.95. The van der Waals surface area contributed by atoms with E-state index in [2.05, 4.69) is 10.3 Å². The maximum absolute atomic E-state index is 8.53. The fourth-order valence-electron chi connectivity index (χ4n) is 1.47. The Morgan fingerprint density at radius 1 is 1.56 bits per heavy atom. The molecule has 5 nitrogen and oxygen atoms in total. The summed E-state index contributed by atoms with van der Waals surface area (Å²) in [6, 6.07) is 7.50. The summed E-state index contributed by atoms with van der Waals surface area (Å²) in [5.74, 6) is 0.765. The van der Waals surface area contributed by atoms with Crippen LogP contribution in [-0.4, -0.2) is 16.6 Å². The molecule has 0 fully saturated rings. The summed E-state index contributed by atoms with van der Waals surface area (Å²) in [4.78, 5) is 0. The molecule has 2 rings (SSSR count). The van der Waals surface area contributed by atoms with E-state index in [1.165, 1.54) is 6.21 Å². The lowest BCUT2D eigenvalue weighted by atomic mass is 10.3. The molecule has 1 N–H and O–H groups in total. The van der Waals surface area contributed by atoms with Crippen molar-refractivity contribution in [1.29, 1.82) is 0 Å². The van der Waals surface area contributed by atoms with Crippen molar-refractivity contribution < 1.29 is 14.3 Å². The Bertz CT molecular complexity index is 505. The van der Waals surface area contributed by atoms with Crippen LogP contribution in [0.5, 0.6) is 0 Å². The van der Waals surface area contributed by atoms with Crippen molar-refractivity contribution in [2.75, 3.05) is 0 Å². The summed E-state index contributed by atoms with van der Waals surface area (Å²) in [5, 5.41) is 15.4. The molecule has 82 valence electrons. The van der Waals surface area contributed by atoms with Gasteiger partial charge in [-0.1, -0.05) is 10.3 Å². The summed E-state index contributed by atoms with van der Waals surface area (Å²) in [6.07, 6.45) is 3.26. The highest BCUT2D eigenvalue weighted by Gasteiger charge is 2.11. The van der Waals surface area contributed by atoms with Crippen LogP contribution in [0.25, 0.3) is 0 Å². The SMILES string of the molecule is Cc1cc(C[n+]2ccccc2/C=N/O)on1. The third-order valence-corrected chi connectivity index (χ3v) is 2.17. The average Bonchev–Trinajstić information content (AvgIpc) is 2.67. The zero-order valence-electron chi connectivity index (χ0n) is 8.87. The highest BCUT2D eigenvalue weighted by molar-refractivity contribution is 5.74. The van der Waals surface area contributed by atoms with Gasteiger partial charge >= 0.3 is 0 Å². The van der Waals surface area contributed by atoms with Gasteiger partial charge in [0.15, 0.2) is 6.20 Å². The van der Waals surface area contributed by atoms with Crippen LogP contribution in [0.1, 0.15) is 17.1 Å². The van der Waals surface area contributed by atoms with Gasteiger partial charge in [-0.3, -0.25) is 0 Å². The third kappa shape index (κ3) is 2.25. The Morgan fingerprint density at radius 2 is 2.44 bits per heavy atom. The van der Waals surface area contributed by atoms with Gasteiger partial charge in [0.25, 0.3) is 0 Å². The van der Waals surface area contributed by atoms with E-state index in [9.17, 15) is 0 Å². The third-order valence-electron chi connectivity index (χ3n) is 2.17. The topological polar surface area (TPSA) is 62.5 Å². The zero-order valence-corrected chi connectivity index (χ0v) is 8.87. The van der Waals surface area contributed by atoms with E-state index in [-0.39, 0.29) is 0 Å². The van der Waals surface area contributed by atoms with E-state index in [0.29, 0.717) is 6.54 Å². The Morgan fingerprint density at radius 3 is 3.12 bits per heavy atom. The fourth-order valence-corrected chi connectivity index (χ4v) is 1.47. The minimum absolute atomic E-state index is 0.559. The standard InChI is InChI=1S/C11H11N3O2/c1-9-6-11(16-13-9)8-14-5-3-2-4-10(14)7-12-15/h2-7H,8H2,1H3/p+1. The Balaban J connectivity index is 2.27. The number of aromatic nitrogens is 2. The minimum Gasteiger partial charge on any atom is -0.411 e. The van der Waals surface area contributed by atoms with Gasteiger partial charge in [0, 0.05) is 18.2 Å². The molecule has 2 heterocycles. The van der Waals surface area contributed by atoms with Crippen molar-refractivity contribution in [3.63, 3.8) is 0 Å². The number of pyridine rings is 1. The van der Waals surface area contributed by atoms with Crippen molar-refractivity contribution in [2.24, 2.45) is 5.16 Å². The Hall–Kier alpha value is -2.17. The Labute approximate surface area is 92.6 Å². The molecule has 2 aromatic heterocycles. The van der Waals surface area contributed by atoms with Crippen LogP contribution in [0.3, 0.4) is 0 Å². The summed E-state index contributed by atoms with van der Waals surface area (Å²) >= 11 is 0. The first-order valence-corrected chi connectivity index (χ1v) is 4.87. The van der Waals surface area contributed by atoms with Crippen LogP contribution in [0.4, 0.5) is 0 Å². The van der Waals surface area contributed by atoms with Gasteiger partial charge in [-0.15, -0.1) is 0 Å². The summed E-state index contributed by atoms with van der Waals surface area (Å²) < 4.78 is 7.03. The van der Waals surface area contributed by atoms with Crippen LogP contribution < -0.4 is 4.57 Å². The van der Waals surface area contributed by atoms with Crippen molar-refractivity contribution >= 4 is 6.21 Å². The normalized spacial score (nSPS) is 11.1. The molecule has 0 aromatic carbocycles. The lowest BCUT2D eigenvalue weighted by Crippen LogP contribution is -2.38. The molecule has 0 spiro atoms. The molecule has 16 heavy (non-hydrogen) atoms. The minimum atomic E-state index is 0.559. The Kier molecular flexibility index (Phi) is 2.95. The van der Waals surface area contributed by atoms with Crippen LogP contribution in [0.15, 0.2) is 40.1 Å². The van der Waals surface area contributed by atoms with Gasteiger partial charge in [0.1, 0.15) is 6.21 Å². The summed E-state index contributed by atoms with van der Waals surface area (Å²) in [5.41, 5.74) is 1.64. The second-order valence-electron chi connectivity index (χ2n) is 3.43. The second-order valence-corrected chi connectivity index (χ2v) is 3.43. The van der Waals surface area contributed by atoms with E-state index in [0.717, 1.165) is 17.1 Å². The molecular weight excluding hydrogens is 206 g/mol. The molecular formula is C11H12N3O2+. The first-order chi connectivity index (χ1) is 7.79. The van der Waals surface area contributed by atoms with Crippen molar-refractivity contribution in [3.05, 3.63) is 47.6 Å². The van der Waals surface area contributed by atoms with E-state index in [1.54, 1.807) is 0 Å². The van der Waals surface area contributed by atoms with E-state index in [4.69, 9.17) is 9.73 Å². The van der Waals surface area contributed by atoms with Gasteiger partial charge in [-0.25, -0.2) is 0 Å². The lowest BCUT2D eigenvalue weighted by molar-refractivity contribution is -0.691. The number of oxime groups is 1. The first kappa shape index (κ1) is 10.4. The summed E-state index contributed by atoms with van der Waals surface area (Å²) in [6.45, 7) is 2.43. The van der Waals surface area contributed by atoms with Crippen molar-refractivity contribution in [1.82, 2.24) is 5.16 Å². The second kappa shape index (κ2) is 4.57. The molecule has 0 aliphatic carbocycles. The number of aryl methyl sites for hydroxylation is 1. The number of nitrogens with zero attached hydrogens (tertiary/aromatic N) is 3. The van der Waals surface area contributed by atoms with Gasteiger partial charge in [0.2, 0.25) is 18.0 Å². The highest BCUT2D eigenvalue weighted by Crippen LogP contribution is 2.01. The predicted molar refractivity (Wildman–Crippen MR) is 56.4 cm³/mol. The number of hydrogen-bond acceptors (Lipinski definition) is 4. The van der Waals surface area contributed by atoms with Crippen LogP contribution in [-0.2, 0) is 6.54 Å². The van der Waals surface area contributed by atoms with Gasteiger partial charge in [-0.2, -0.15) is 4.57 Å². The van der Waals surface area contributed by atoms with Gasteiger partial charge < -0.3 is 9.73 Å². The van der Waals surface area contributed by atoms with Crippen LogP contribution in [0, 0.1) is 6.92 Å². The largest absolute Gasteiger partial charge is 0.411 e. The average molecular weight is 218 g/mol. The molecule has 0 atom stereocenters. The van der Waals surface area contributed by atoms with Crippen LogP contribution >= 0.6 is 0 Å². The van der Waals surface area contributed by atoms with Gasteiger partial charge in [0.05, 0.1) is 5.69 Å². The smallest absolute Gasteiger partial charge is 0.227 e. The monoisotopic (exact) mass is 218 g/mol. The molecule has 0 unspecified atom stereocenters. The van der Waals surface area contributed by atoms with Crippen molar-refractivity contribution in [2.45, 2.75) is 13.5 Å². The number of rotatable bonds is 3. The van der Waals surface area contributed by atoms with E-state index in [1.807, 2.05) is 42.0 Å². The first-order valence-electron chi connectivity index (χ1n) is 4.87. The van der Waals surface area contributed by atoms with Gasteiger partial charge in [-0.05, 0) is 13.0 Å². The predicted octanol–water partition coefficient (Wildman–Crippen LogP) is 1.13. The van der Waals surface area contributed by atoms with Crippen LogP contribution in [0.2, 0.25) is 0 Å². The summed E-state index contributed by atoms with van der Waals surface area (Å²) in [7, 11) is 0. The maximum Gasteiger partial charge on any atom is 0.227 e. The molecule has 0 aliphatic rings. The highest BCUT2D eigenvalue weighted by atomic mass is 16.5. The number of hydrogen-bond donors (Lipinski definition) is 1. The molecule has 0 saturated heterocycles. The zero-order chi connectivity index (χ0) is 11.4. The molecule has 0 radical (unpaired) electrons.